The quantitative estimate of drug-likeness (QED) is 0.320. The second kappa shape index (κ2) is 12.3. The molecule has 0 aliphatic rings. The van der Waals surface area contributed by atoms with E-state index < -0.39 is 42.0 Å². The second-order valence-electron chi connectivity index (χ2n) is 8.25. The number of para-hydroxylation sites is 1. The molecule has 0 spiro atoms. The molecule has 0 heterocycles. The molecular formula is C28H25NO9. The van der Waals surface area contributed by atoms with Crippen LogP contribution in [0.4, 0.5) is 5.69 Å². The predicted octanol–water partition coefficient (Wildman–Crippen LogP) is 3.56. The SMILES string of the molecule is COC(=O)c1ccccc1NC(=O)[C@@H](OC(=O)c1ccc(C)cc1)[C@H](OC(=O)c1ccc(C)cc1)C(=O)O. The highest BCUT2D eigenvalue weighted by atomic mass is 16.6. The molecule has 2 N–H and O–H groups in total. The number of carbonyl (C=O) groups excluding carboxylic acids is 4. The fourth-order valence-electron chi connectivity index (χ4n) is 3.32. The van der Waals surface area contributed by atoms with E-state index in [0.29, 0.717) is 0 Å². The average molecular weight is 520 g/mol. The standard InChI is InChI=1S/C28H25NO9/c1-16-8-12-18(13-9-16)26(33)37-22(24(30)29-21-7-5-4-6-20(21)28(35)36-3)23(25(31)32)38-27(34)19-14-10-17(2)11-15-19/h4-15,22-23H,1-3H3,(H,29,30)(H,31,32)/t22-,23-/m0/s1. The van der Waals surface area contributed by atoms with E-state index in [-0.39, 0.29) is 22.4 Å². The molecule has 10 nitrogen and oxygen atoms in total. The lowest BCUT2D eigenvalue weighted by Gasteiger charge is -2.24. The molecule has 0 fully saturated rings. The second-order valence-corrected chi connectivity index (χ2v) is 8.25. The van der Waals surface area contributed by atoms with Crippen LogP contribution in [0.5, 0.6) is 0 Å². The summed E-state index contributed by atoms with van der Waals surface area (Å²) in [5, 5.41) is 12.3. The van der Waals surface area contributed by atoms with Crippen LogP contribution in [0, 0.1) is 13.8 Å². The maximum absolute atomic E-state index is 13.3. The highest BCUT2D eigenvalue weighted by Crippen LogP contribution is 2.20. The molecule has 196 valence electrons. The molecule has 10 heteroatoms. The third kappa shape index (κ3) is 6.82. The largest absolute Gasteiger partial charge is 0.478 e. The number of carboxylic acids is 1. The summed E-state index contributed by atoms with van der Waals surface area (Å²) in [5.41, 5.74) is 1.71. The van der Waals surface area contributed by atoms with Gasteiger partial charge in [-0.1, -0.05) is 47.5 Å². The first-order valence-corrected chi connectivity index (χ1v) is 11.4. The van der Waals surface area contributed by atoms with Crippen LogP contribution in [0.15, 0.2) is 72.8 Å². The van der Waals surface area contributed by atoms with Crippen molar-refractivity contribution >= 4 is 35.5 Å². The number of carboxylic acid groups (broad SMARTS) is 1. The molecule has 2 atom stereocenters. The lowest BCUT2D eigenvalue weighted by molar-refractivity contribution is -0.157. The zero-order valence-corrected chi connectivity index (χ0v) is 20.8. The lowest BCUT2D eigenvalue weighted by Crippen LogP contribution is -2.48. The maximum Gasteiger partial charge on any atom is 0.349 e. The van der Waals surface area contributed by atoms with E-state index in [1.54, 1.807) is 38.1 Å². The molecule has 0 aliphatic carbocycles. The summed E-state index contributed by atoms with van der Waals surface area (Å²) in [7, 11) is 1.15. The van der Waals surface area contributed by atoms with Crippen LogP contribution in [0.25, 0.3) is 0 Å². The monoisotopic (exact) mass is 519 g/mol. The van der Waals surface area contributed by atoms with Gasteiger partial charge < -0.3 is 24.6 Å². The van der Waals surface area contributed by atoms with Crippen molar-refractivity contribution in [2.24, 2.45) is 0 Å². The number of benzene rings is 3. The number of amides is 1. The van der Waals surface area contributed by atoms with Crippen LogP contribution >= 0.6 is 0 Å². The number of aliphatic carboxylic acids is 1. The number of methoxy groups -OCH3 is 1. The predicted molar refractivity (Wildman–Crippen MR) is 135 cm³/mol. The lowest BCUT2D eigenvalue weighted by atomic mass is 10.1. The normalized spacial score (nSPS) is 12.0. The molecule has 3 rings (SSSR count). The van der Waals surface area contributed by atoms with Gasteiger partial charge in [0.15, 0.2) is 0 Å². The minimum atomic E-state index is -2.22. The van der Waals surface area contributed by atoms with Gasteiger partial charge in [0.25, 0.3) is 5.91 Å². The van der Waals surface area contributed by atoms with Crippen LogP contribution in [0.3, 0.4) is 0 Å². The smallest absolute Gasteiger partial charge is 0.349 e. The van der Waals surface area contributed by atoms with Crippen LogP contribution in [0.2, 0.25) is 0 Å². The number of anilines is 1. The van der Waals surface area contributed by atoms with Crippen LogP contribution in [0.1, 0.15) is 42.2 Å². The van der Waals surface area contributed by atoms with Gasteiger partial charge >= 0.3 is 23.9 Å². The number of ether oxygens (including phenoxy) is 3. The van der Waals surface area contributed by atoms with E-state index in [1.807, 2.05) is 0 Å². The third-order valence-corrected chi connectivity index (χ3v) is 5.41. The fourth-order valence-corrected chi connectivity index (χ4v) is 3.32. The number of hydrogen-bond acceptors (Lipinski definition) is 8. The number of nitrogens with one attached hydrogen (secondary N) is 1. The maximum atomic E-state index is 13.3. The van der Waals surface area contributed by atoms with Gasteiger partial charge in [0.2, 0.25) is 12.2 Å². The Bertz CT molecular complexity index is 1350. The van der Waals surface area contributed by atoms with E-state index in [0.717, 1.165) is 18.2 Å². The third-order valence-electron chi connectivity index (χ3n) is 5.41. The van der Waals surface area contributed by atoms with E-state index in [2.05, 4.69) is 5.32 Å². The van der Waals surface area contributed by atoms with Crippen molar-refractivity contribution in [3.63, 3.8) is 0 Å². The summed E-state index contributed by atoms with van der Waals surface area (Å²) in [6, 6.07) is 18.0. The van der Waals surface area contributed by atoms with Gasteiger partial charge in [-0.05, 0) is 50.2 Å². The van der Waals surface area contributed by atoms with Gasteiger partial charge in [0.05, 0.1) is 29.5 Å². The van der Waals surface area contributed by atoms with Crippen molar-refractivity contribution in [2.45, 2.75) is 26.1 Å². The molecular weight excluding hydrogens is 494 g/mol. The van der Waals surface area contributed by atoms with E-state index in [1.165, 1.54) is 48.5 Å². The van der Waals surface area contributed by atoms with E-state index >= 15 is 0 Å². The molecule has 0 bridgehead atoms. The molecule has 0 aliphatic heterocycles. The van der Waals surface area contributed by atoms with Gasteiger partial charge in [-0.3, -0.25) is 4.79 Å². The van der Waals surface area contributed by atoms with Crippen molar-refractivity contribution in [3.8, 4) is 0 Å². The first-order chi connectivity index (χ1) is 18.1. The van der Waals surface area contributed by atoms with Crippen molar-refractivity contribution in [1.29, 1.82) is 0 Å². The minimum Gasteiger partial charge on any atom is -0.478 e. The zero-order valence-electron chi connectivity index (χ0n) is 20.8. The highest BCUT2D eigenvalue weighted by Gasteiger charge is 2.41. The Morgan fingerprint density at radius 1 is 0.684 bits per heavy atom. The molecule has 38 heavy (non-hydrogen) atoms. The van der Waals surface area contributed by atoms with E-state index in [9.17, 15) is 29.1 Å². The van der Waals surface area contributed by atoms with Crippen LogP contribution in [-0.2, 0) is 23.8 Å². The summed E-state index contributed by atoms with van der Waals surface area (Å²) >= 11 is 0. The molecule has 1 amide bonds. The van der Waals surface area contributed by atoms with Crippen molar-refractivity contribution < 1.29 is 43.3 Å². The molecule has 3 aromatic carbocycles. The Labute approximate surface area is 218 Å². The summed E-state index contributed by atoms with van der Waals surface area (Å²) in [5.74, 6) is -5.72. The molecule has 0 saturated heterocycles. The zero-order chi connectivity index (χ0) is 27.8. The van der Waals surface area contributed by atoms with Gasteiger partial charge in [0.1, 0.15) is 0 Å². The molecule has 0 saturated carbocycles. The Morgan fingerprint density at radius 3 is 1.63 bits per heavy atom. The van der Waals surface area contributed by atoms with Crippen LogP contribution < -0.4 is 5.32 Å². The van der Waals surface area contributed by atoms with Gasteiger partial charge in [-0.2, -0.15) is 0 Å². The van der Waals surface area contributed by atoms with E-state index in [4.69, 9.17) is 14.2 Å². The number of carbonyl (C=O) groups is 5. The summed E-state index contributed by atoms with van der Waals surface area (Å²) in [4.78, 5) is 63.2. The topological polar surface area (TPSA) is 145 Å². The molecule has 0 unspecified atom stereocenters. The average Bonchev–Trinajstić information content (AvgIpc) is 2.90. The number of rotatable bonds is 9. The summed E-state index contributed by atoms with van der Waals surface area (Å²) < 4.78 is 15.1. The first kappa shape index (κ1) is 27.6. The van der Waals surface area contributed by atoms with Crippen molar-refractivity contribution in [2.75, 3.05) is 12.4 Å². The fraction of sp³-hybridized carbons (Fsp3) is 0.179. The van der Waals surface area contributed by atoms with Gasteiger partial charge in [-0.15, -0.1) is 0 Å². The number of aryl methyl sites for hydroxylation is 2. The van der Waals surface area contributed by atoms with Crippen LogP contribution in [-0.4, -0.2) is 54.2 Å². The first-order valence-electron chi connectivity index (χ1n) is 11.4. The minimum absolute atomic E-state index is 0.0295. The number of hydrogen-bond donors (Lipinski definition) is 2. The molecule has 0 aromatic heterocycles. The Morgan fingerprint density at radius 2 is 1.16 bits per heavy atom. The summed E-state index contributed by atoms with van der Waals surface area (Å²) in [6.07, 6.45) is -4.34. The molecule has 0 radical (unpaired) electrons. The van der Waals surface area contributed by atoms with Crippen molar-refractivity contribution in [3.05, 3.63) is 101 Å². The molecule has 3 aromatic rings. The highest BCUT2D eigenvalue weighted by molar-refractivity contribution is 6.05. The Hall–Kier alpha value is -4.99. The Balaban J connectivity index is 1.96. The summed E-state index contributed by atoms with van der Waals surface area (Å²) in [6.45, 7) is 3.60. The number of esters is 3. The van der Waals surface area contributed by atoms with Gasteiger partial charge in [0, 0.05) is 0 Å². The van der Waals surface area contributed by atoms with Gasteiger partial charge in [-0.25, -0.2) is 19.2 Å². The van der Waals surface area contributed by atoms with Crippen molar-refractivity contribution in [1.82, 2.24) is 0 Å². The Kier molecular flexibility index (Phi) is 8.94.